The van der Waals surface area contributed by atoms with Gasteiger partial charge in [-0.3, -0.25) is 0 Å². The molecule has 0 saturated carbocycles. The van der Waals surface area contributed by atoms with Crippen molar-refractivity contribution in [3.05, 3.63) is 23.8 Å². The summed E-state index contributed by atoms with van der Waals surface area (Å²) < 4.78 is 5.55. The molecular weight excluding hydrogens is 262 g/mol. The van der Waals surface area contributed by atoms with Crippen molar-refractivity contribution in [1.29, 1.82) is 0 Å². The number of aromatic carboxylic acids is 1. The summed E-state index contributed by atoms with van der Waals surface area (Å²) in [6.45, 7) is 1.59. The third kappa shape index (κ3) is 3.64. The molecule has 1 aromatic rings. The van der Waals surface area contributed by atoms with E-state index in [1.54, 1.807) is 0 Å². The van der Waals surface area contributed by atoms with Crippen molar-refractivity contribution in [2.75, 3.05) is 24.7 Å². The maximum atomic E-state index is 11.3. The molecule has 104 valence electrons. The van der Waals surface area contributed by atoms with Crippen molar-refractivity contribution in [3.63, 3.8) is 0 Å². The average molecular weight is 281 g/mol. The molecule has 1 fully saturated rings. The number of benzene rings is 1. The summed E-state index contributed by atoms with van der Waals surface area (Å²) in [5.41, 5.74) is 1.06. The second-order valence-electron chi connectivity index (χ2n) is 4.54. The molecule has 19 heavy (non-hydrogen) atoms. The van der Waals surface area contributed by atoms with Gasteiger partial charge in [0.1, 0.15) is 0 Å². The van der Waals surface area contributed by atoms with Gasteiger partial charge in [-0.15, -0.1) is 11.8 Å². The molecule has 1 atom stereocenters. The fourth-order valence-electron chi connectivity index (χ4n) is 2.31. The maximum absolute atomic E-state index is 11.3. The van der Waals surface area contributed by atoms with Gasteiger partial charge in [0.25, 0.3) is 0 Å². The minimum absolute atomic E-state index is 0.324. The molecule has 1 aliphatic rings. The number of nitrogens with one attached hydrogen (secondary N) is 1. The van der Waals surface area contributed by atoms with Gasteiger partial charge in [0.15, 0.2) is 0 Å². The van der Waals surface area contributed by atoms with E-state index < -0.39 is 5.97 Å². The van der Waals surface area contributed by atoms with Gasteiger partial charge in [-0.05, 0) is 37.7 Å². The molecular formula is C14H19NO3S. The van der Waals surface area contributed by atoms with Crippen LogP contribution in [0, 0.1) is 0 Å². The van der Waals surface area contributed by atoms with Crippen LogP contribution in [0.3, 0.4) is 0 Å². The summed E-state index contributed by atoms with van der Waals surface area (Å²) in [5.74, 6) is -0.885. The normalized spacial score (nSPS) is 18.5. The minimum Gasteiger partial charge on any atom is -0.478 e. The van der Waals surface area contributed by atoms with Gasteiger partial charge in [-0.1, -0.05) is 6.07 Å². The number of anilines is 1. The van der Waals surface area contributed by atoms with E-state index in [0.717, 1.165) is 37.3 Å². The lowest BCUT2D eigenvalue weighted by molar-refractivity contribution is 0.0694. The summed E-state index contributed by atoms with van der Waals surface area (Å²) >= 11 is 1.45. The Bertz CT molecular complexity index is 444. The van der Waals surface area contributed by atoms with Crippen LogP contribution in [0.15, 0.2) is 23.1 Å². The Morgan fingerprint density at radius 2 is 2.42 bits per heavy atom. The number of thioether (sulfide) groups is 1. The summed E-state index contributed by atoms with van der Waals surface area (Å²) in [5, 5.41) is 12.5. The smallest absolute Gasteiger partial charge is 0.338 e. The third-order valence-electron chi connectivity index (χ3n) is 3.27. The Morgan fingerprint density at radius 3 is 3.05 bits per heavy atom. The minimum atomic E-state index is -0.885. The number of ether oxygens (including phenoxy) is 1. The number of hydrogen-bond donors (Lipinski definition) is 2. The van der Waals surface area contributed by atoms with Gasteiger partial charge in [0.2, 0.25) is 0 Å². The van der Waals surface area contributed by atoms with Crippen LogP contribution in [0.25, 0.3) is 0 Å². The zero-order valence-electron chi connectivity index (χ0n) is 11.0. The molecule has 0 aromatic heterocycles. The highest BCUT2D eigenvalue weighted by molar-refractivity contribution is 7.98. The topological polar surface area (TPSA) is 58.6 Å². The lowest BCUT2D eigenvalue weighted by Crippen LogP contribution is -2.14. The predicted octanol–water partition coefficient (Wildman–Crippen LogP) is 3.09. The second-order valence-corrected chi connectivity index (χ2v) is 5.39. The summed E-state index contributed by atoms with van der Waals surface area (Å²) in [6, 6.07) is 5.53. The second kappa shape index (κ2) is 6.82. The van der Waals surface area contributed by atoms with Crippen LogP contribution in [0.2, 0.25) is 0 Å². The van der Waals surface area contributed by atoms with E-state index in [2.05, 4.69) is 5.32 Å². The van der Waals surface area contributed by atoms with Crippen LogP contribution in [0.5, 0.6) is 0 Å². The Morgan fingerprint density at radius 1 is 1.58 bits per heavy atom. The monoisotopic (exact) mass is 281 g/mol. The van der Waals surface area contributed by atoms with Gasteiger partial charge in [-0.2, -0.15) is 0 Å². The average Bonchev–Trinajstić information content (AvgIpc) is 2.91. The highest BCUT2D eigenvalue weighted by Crippen LogP contribution is 2.27. The Balaban J connectivity index is 2.00. The standard InChI is InChI=1S/C14H19NO3S/c1-19-12-6-2-5-11(13(12)14(16)17)15-8-7-10-4-3-9-18-10/h2,5-6,10,15H,3-4,7-9H2,1H3,(H,16,17). The first-order valence-electron chi connectivity index (χ1n) is 6.48. The molecule has 5 heteroatoms. The van der Waals surface area contributed by atoms with E-state index in [0.29, 0.717) is 17.4 Å². The highest BCUT2D eigenvalue weighted by Gasteiger charge is 2.17. The van der Waals surface area contributed by atoms with Crippen molar-refractivity contribution < 1.29 is 14.6 Å². The third-order valence-corrected chi connectivity index (χ3v) is 4.05. The Kier molecular flexibility index (Phi) is 5.10. The van der Waals surface area contributed by atoms with Crippen LogP contribution in [-0.4, -0.2) is 36.6 Å². The molecule has 0 spiro atoms. The van der Waals surface area contributed by atoms with Crippen molar-refractivity contribution in [2.45, 2.75) is 30.3 Å². The lowest BCUT2D eigenvalue weighted by Gasteiger charge is -2.14. The van der Waals surface area contributed by atoms with Crippen molar-refractivity contribution in [2.24, 2.45) is 0 Å². The van der Waals surface area contributed by atoms with Crippen LogP contribution >= 0.6 is 11.8 Å². The number of carboxylic acid groups (broad SMARTS) is 1. The molecule has 4 nitrogen and oxygen atoms in total. The molecule has 1 saturated heterocycles. The molecule has 2 N–H and O–H groups in total. The van der Waals surface area contributed by atoms with E-state index in [1.165, 1.54) is 11.8 Å². The van der Waals surface area contributed by atoms with Crippen LogP contribution in [0.1, 0.15) is 29.6 Å². The molecule has 1 aromatic carbocycles. The zero-order chi connectivity index (χ0) is 13.7. The molecule has 2 rings (SSSR count). The first-order chi connectivity index (χ1) is 9.22. The number of hydrogen-bond acceptors (Lipinski definition) is 4. The van der Waals surface area contributed by atoms with E-state index >= 15 is 0 Å². The summed E-state index contributed by atoms with van der Waals surface area (Å²) in [4.78, 5) is 12.1. The number of rotatable bonds is 6. The zero-order valence-corrected chi connectivity index (χ0v) is 11.8. The molecule has 1 unspecified atom stereocenters. The summed E-state index contributed by atoms with van der Waals surface area (Å²) in [6.07, 6.45) is 5.37. The largest absolute Gasteiger partial charge is 0.478 e. The molecule has 0 aliphatic carbocycles. The van der Waals surface area contributed by atoms with Crippen molar-refractivity contribution in [1.82, 2.24) is 0 Å². The number of carboxylic acids is 1. The van der Waals surface area contributed by atoms with Crippen LogP contribution in [-0.2, 0) is 4.74 Å². The van der Waals surface area contributed by atoms with Gasteiger partial charge in [-0.25, -0.2) is 4.79 Å². The fourth-order valence-corrected chi connectivity index (χ4v) is 2.93. The molecule has 0 bridgehead atoms. The SMILES string of the molecule is CSc1cccc(NCCC2CCCO2)c1C(=O)O. The van der Waals surface area contributed by atoms with Crippen molar-refractivity contribution in [3.8, 4) is 0 Å². The first-order valence-corrected chi connectivity index (χ1v) is 7.70. The van der Waals surface area contributed by atoms with E-state index in [4.69, 9.17) is 4.74 Å². The lowest BCUT2D eigenvalue weighted by atomic mass is 10.1. The number of carbonyl (C=O) groups is 1. The van der Waals surface area contributed by atoms with Gasteiger partial charge in [0, 0.05) is 23.7 Å². The first kappa shape index (κ1) is 14.2. The van der Waals surface area contributed by atoms with Crippen LogP contribution < -0.4 is 5.32 Å². The molecule has 0 radical (unpaired) electrons. The fraction of sp³-hybridized carbons (Fsp3) is 0.500. The molecule has 1 aliphatic heterocycles. The highest BCUT2D eigenvalue weighted by atomic mass is 32.2. The van der Waals surface area contributed by atoms with E-state index in [1.807, 2.05) is 24.5 Å². The van der Waals surface area contributed by atoms with Gasteiger partial charge in [0.05, 0.1) is 11.7 Å². The quantitative estimate of drug-likeness (QED) is 0.785. The molecule has 1 heterocycles. The Hall–Kier alpha value is -1.20. The van der Waals surface area contributed by atoms with Gasteiger partial charge >= 0.3 is 5.97 Å². The molecule has 0 amide bonds. The maximum Gasteiger partial charge on any atom is 0.338 e. The predicted molar refractivity (Wildman–Crippen MR) is 77.3 cm³/mol. The van der Waals surface area contributed by atoms with Crippen molar-refractivity contribution >= 4 is 23.4 Å². The Labute approximate surface area is 117 Å². The van der Waals surface area contributed by atoms with E-state index in [9.17, 15) is 9.90 Å². The van der Waals surface area contributed by atoms with Gasteiger partial charge < -0.3 is 15.2 Å². The van der Waals surface area contributed by atoms with E-state index in [-0.39, 0.29) is 0 Å². The van der Waals surface area contributed by atoms with Crippen LogP contribution in [0.4, 0.5) is 5.69 Å². The summed E-state index contributed by atoms with van der Waals surface area (Å²) in [7, 11) is 0.